The topological polar surface area (TPSA) is 129 Å². The molecule has 2 amide bonds. The van der Waals surface area contributed by atoms with E-state index in [1.54, 1.807) is 26.0 Å². The quantitative estimate of drug-likeness (QED) is 0.538. The van der Waals surface area contributed by atoms with Gasteiger partial charge in [-0.1, -0.05) is 44.2 Å². The highest BCUT2D eigenvalue weighted by atomic mass is 16.5. The van der Waals surface area contributed by atoms with E-state index in [-0.39, 0.29) is 25.4 Å². The summed E-state index contributed by atoms with van der Waals surface area (Å²) in [5.41, 5.74) is 0.807. The zero-order valence-corrected chi connectivity index (χ0v) is 15.5. The van der Waals surface area contributed by atoms with Crippen LogP contribution in [-0.4, -0.2) is 35.2 Å². The molecule has 0 fully saturated rings. The number of carbonyl (C=O) groups is 3. The Morgan fingerprint density at radius 3 is 2.41 bits per heavy atom. The van der Waals surface area contributed by atoms with Crippen molar-refractivity contribution in [3.8, 4) is 6.07 Å². The van der Waals surface area contributed by atoms with Crippen molar-refractivity contribution in [2.45, 2.75) is 51.8 Å². The molecule has 27 heavy (non-hydrogen) atoms. The Morgan fingerprint density at radius 1 is 1.19 bits per heavy atom. The van der Waals surface area contributed by atoms with Crippen LogP contribution in [0, 0.1) is 17.2 Å². The molecule has 0 radical (unpaired) electrons. The maximum absolute atomic E-state index is 12.4. The van der Waals surface area contributed by atoms with E-state index >= 15 is 0 Å². The lowest BCUT2D eigenvalue weighted by molar-refractivity contribution is -0.142. The van der Waals surface area contributed by atoms with Crippen LogP contribution in [-0.2, 0) is 20.9 Å². The van der Waals surface area contributed by atoms with E-state index in [0.717, 1.165) is 5.56 Å². The average molecular weight is 375 g/mol. The van der Waals surface area contributed by atoms with Gasteiger partial charge in [0.15, 0.2) is 0 Å². The Labute approximate surface area is 158 Å². The number of carboxylic acids is 1. The van der Waals surface area contributed by atoms with Crippen LogP contribution in [0.4, 0.5) is 4.79 Å². The third kappa shape index (κ3) is 8.23. The largest absolute Gasteiger partial charge is 0.480 e. The second kappa shape index (κ2) is 11.5. The molecule has 8 heteroatoms. The summed E-state index contributed by atoms with van der Waals surface area (Å²) < 4.78 is 5.11. The number of alkyl carbamates (subject to hydrolysis) is 1. The summed E-state index contributed by atoms with van der Waals surface area (Å²) in [5, 5.41) is 22.7. The van der Waals surface area contributed by atoms with Gasteiger partial charge < -0.3 is 20.5 Å². The third-order valence-electron chi connectivity index (χ3n) is 3.83. The Balaban J connectivity index is 2.61. The molecule has 0 aliphatic heterocycles. The second-order valence-electron chi connectivity index (χ2n) is 6.38. The van der Waals surface area contributed by atoms with E-state index in [0.29, 0.717) is 6.42 Å². The minimum Gasteiger partial charge on any atom is -0.480 e. The molecule has 0 bridgehead atoms. The van der Waals surface area contributed by atoms with Crippen molar-refractivity contribution in [2.75, 3.05) is 0 Å². The van der Waals surface area contributed by atoms with E-state index in [1.807, 2.05) is 24.3 Å². The van der Waals surface area contributed by atoms with Gasteiger partial charge in [0, 0.05) is 6.42 Å². The molecule has 0 aromatic heterocycles. The standard InChI is InChI=1S/C19H25N3O5/c1-13(2)16(17(23)21-15(18(24)25)10-6-7-11-20)22-19(26)27-12-14-8-4-3-5-9-14/h3-5,8-9,13,15-16H,6-7,10,12H2,1-2H3,(H,21,23)(H,22,26)(H,24,25)/t15-,16-/m0/s1. The molecule has 2 atom stereocenters. The van der Waals surface area contributed by atoms with Crippen LogP contribution in [0.15, 0.2) is 30.3 Å². The average Bonchev–Trinajstić information content (AvgIpc) is 2.64. The fourth-order valence-electron chi connectivity index (χ4n) is 2.33. The van der Waals surface area contributed by atoms with E-state index in [1.165, 1.54) is 0 Å². The van der Waals surface area contributed by atoms with Crippen LogP contribution < -0.4 is 10.6 Å². The maximum Gasteiger partial charge on any atom is 0.408 e. The van der Waals surface area contributed by atoms with E-state index in [9.17, 15) is 19.5 Å². The molecule has 1 aromatic carbocycles. The van der Waals surface area contributed by atoms with E-state index in [4.69, 9.17) is 10.00 Å². The molecule has 8 nitrogen and oxygen atoms in total. The first-order chi connectivity index (χ1) is 12.8. The maximum atomic E-state index is 12.4. The number of amides is 2. The van der Waals surface area contributed by atoms with Crippen molar-refractivity contribution >= 4 is 18.0 Å². The monoisotopic (exact) mass is 375 g/mol. The lowest BCUT2D eigenvalue weighted by Gasteiger charge is -2.23. The third-order valence-corrected chi connectivity index (χ3v) is 3.83. The Bertz CT molecular complexity index is 670. The zero-order chi connectivity index (χ0) is 20.2. The molecule has 1 rings (SSSR count). The fraction of sp³-hybridized carbons (Fsp3) is 0.474. The van der Waals surface area contributed by atoms with Gasteiger partial charge >= 0.3 is 12.1 Å². The number of unbranched alkanes of at least 4 members (excludes halogenated alkanes) is 1. The summed E-state index contributed by atoms with van der Waals surface area (Å²) in [7, 11) is 0. The van der Waals surface area contributed by atoms with E-state index < -0.39 is 30.1 Å². The first-order valence-corrected chi connectivity index (χ1v) is 8.72. The Kier molecular flexibility index (Phi) is 9.37. The van der Waals surface area contributed by atoms with Crippen molar-refractivity contribution in [3.05, 3.63) is 35.9 Å². The summed E-state index contributed by atoms with van der Waals surface area (Å²) in [6.45, 7) is 3.52. The number of hydrogen-bond donors (Lipinski definition) is 3. The SMILES string of the molecule is CC(C)[C@H](NC(=O)OCc1ccccc1)C(=O)N[C@@H](CCCC#N)C(=O)O. The minimum atomic E-state index is -1.18. The lowest BCUT2D eigenvalue weighted by atomic mass is 10.0. The molecule has 0 saturated carbocycles. The number of hydrogen-bond acceptors (Lipinski definition) is 5. The van der Waals surface area contributed by atoms with Crippen molar-refractivity contribution in [3.63, 3.8) is 0 Å². The van der Waals surface area contributed by atoms with Crippen LogP contribution >= 0.6 is 0 Å². The fourth-order valence-corrected chi connectivity index (χ4v) is 2.33. The van der Waals surface area contributed by atoms with Crippen LogP contribution in [0.25, 0.3) is 0 Å². The Morgan fingerprint density at radius 2 is 1.85 bits per heavy atom. The molecule has 0 aliphatic carbocycles. The van der Waals surface area contributed by atoms with Gasteiger partial charge in [-0.15, -0.1) is 0 Å². The summed E-state index contributed by atoms with van der Waals surface area (Å²) in [4.78, 5) is 35.7. The summed E-state index contributed by atoms with van der Waals surface area (Å²) in [6.07, 6.45) is -0.0638. The number of ether oxygens (including phenoxy) is 1. The van der Waals surface area contributed by atoms with Crippen LogP contribution in [0.5, 0.6) is 0 Å². The van der Waals surface area contributed by atoms with Crippen LogP contribution in [0.1, 0.15) is 38.7 Å². The first kappa shape index (κ1) is 22.0. The smallest absolute Gasteiger partial charge is 0.408 e. The normalized spacial score (nSPS) is 12.5. The van der Waals surface area contributed by atoms with Crippen molar-refractivity contribution in [1.29, 1.82) is 5.26 Å². The molecule has 1 aromatic rings. The van der Waals surface area contributed by atoms with Crippen molar-refractivity contribution < 1.29 is 24.2 Å². The lowest BCUT2D eigenvalue weighted by Crippen LogP contribution is -2.53. The highest BCUT2D eigenvalue weighted by molar-refractivity contribution is 5.89. The molecule has 0 spiro atoms. The van der Waals surface area contributed by atoms with Gasteiger partial charge in [-0.25, -0.2) is 9.59 Å². The molecule has 0 heterocycles. The molecule has 0 aliphatic rings. The number of rotatable bonds is 10. The predicted molar refractivity (Wildman–Crippen MR) is 97.4 cm³/mol. The van der Waals surface area contributed by atoms with Gasteiger partial charge in [0.05, 0.1) is 6.07 Å². The van der Waals surface area contributed by atoms with Crippen LogP contribution in [0.2, 0.25) is 0 Å². The number of benzene rings is 1. The second-order valence-corrected chi connectivity index (χ2v) is 6.38. The van der Waals surface area contributed by atoms with E-state index in [2.05, 4.69) is 10.6 Å². The first-order valence-electron chi connectivity index (χ1n) is 8.72. The van der Waals surface area contributed by atoms with Gasteiger partial charge in [0.2, 0.25) is 5.91 Å². The molecule has 0 saturated heterocycles. The summed E-state index contributed by atoms with van der Waals surface area (Å²) in [5.74, 6) is -2.07. The number of nitrogens with one attached hydrogen (secondary N) is 2. The highest BCUT2D eigenvalue weighted by Gasteiger charge is 2.28. The highest BCUT2D eigenvalue weighted by Crippen LogP contribution is 2.07. The van der Waals surface area contributed by atoms with Gasteiger partial charge in [-0.2, -0.15) is 5.26 Å². The molecule has 0 unspecified atom stereocenters. The Hall–Kier alpha value is -3.08. The number of nitriles is 1. The van der Waals surface area contributed by atoms with Crippen LogP contribution in [0.3, 0.4) is 0 Å². The number of aliphatic carboxylic acids is 1. The molecule has 3 N–H and O–H groups in total. The number of nitrogens with zero attached hydrogens (tertiary/aromatic N) is 1. The summed E-state index contributed by atoms with van der Waals surface area (Å²) >= 11 is 0. The van der Waals surface area contributed by atoms with Crippen molar-refractivity contribution in [2.24, 2.45) is 5.92 Å². The predicted octanol–water partition coefficient (Wildman–Crippen LogP) is 2.20. The minimum absolute atomic E-state index is 0.0605. The van der Waals surface area contributed by atoms with Gasteiger partial charge in [-0.3, -0.25) is 4.79 Å². The van der Waals surface area contributed by atoms with Gasteiger partial charge in [0.25, 0.3) is 0 Å². The molecular weight excluding hydrogens is 350 g/mol. The number of carboxylic acid groups (broad SMARTS) is 1. The van der Waals surface area contributed by atoms with Gasteiger partial charge in [0.1, 0.15) is 18.7 Å². The van der Waals surface area contributed by atoms with Crippen molar-refractivity contribution in [1.82, 2.24) is 10.6 Å². The molecule has 146 valence electrons. The van der Waals surface area contributed by atoms with Gasteiger partial charge in [-0.05, 0) is 24.3 Å². The molecular formula is C19H25N3O5. The number of carbonyl (C=O) groups excluding carboxylic acids is 2. The summed E-state index contributed by atoms with van der Waals surface area (Å²) in [6, 6.07) is 8.97. The zero-order valence-electron chi connectivity index (χ0n) is 15.5.